The number of ether oxygens (including phenoxy) is 1. The molecule has 0 aliphatic rings. The zero-order valence-electron chi connectivity index (χ0n) is 11.2. The number of nitrogens with one attached hydrogen (secondary N) is 1. The molecule has 1 N–H and O–H groups in total. The predicted molar refractivity (Wildman–Crippen MR) is 78.7 cm³/mol. The van der Waals surface area contributed by atoms with E-state index < -0.39 is 23.2 Å². The molecule has 0 aliphatic heterocycles. The van der Waals surface area contributed by atoms with Crippen LogP contribution < -0.4 is 10.1 Å². The van der Waals surface area contributed by atoms with Gasteiger partial charge in [0.15, 0.2) is 0 Å². The molecule has 0 radical (unpaired) electrons. The van der Waals surface area contributed by atoms with Crippen LogP contribution >= 0.6 is 11.8 Å². The van der Waals surface area contributed by atoms with Crippen molar-refractivity contribution in [1.29, 1.82) is 0 Å². The summed E-state index contributed by atoms with van der Waals surface area (Å²) in [6.45, 7) is 0. The number of thioether (sulfide) groups is 1. The molecule has 2 rings (SSSR count). The van der Waals surface area contributed by atoms with Crippen LogP contribution in [0.5, 0.6) is 5.75 Å². The Balaban J connectivity index is 1.96. The van der Waals surface area contributed by atoms with Crippen molar-refractivity contribution in [2.45, 2.75) is 4.90 Å². The molecule has 0 saturated carbocycles. The van der Waals surface area contributed by atoms with Gasteiger partial charge in [-0.15, -0.1) is 11.8 Å². The van der Waals surface area contributed by atoms with Gasteiger partial charge >= 0.3 is 0 Å². The topological polar surface area (TPSA) is 38.3 Å². The second-order valence-corrected chi connectivity index (χ2v) is 5.16. The summed E-state index contributed by atoms with van der Waals surface area (Å²) in [4.78, 5) is 12.6. The lowest BCUT2D eigenvalue weighted by Gasteiger charge is -2.08. The van der Waals surface area contributed by atoms with Crippen LogP contribution in [0.4, 0.5) is 14.5 Å². The first-order chi connectivity index (χ1) is 10.1. The number of benzene rings is 2. The minimum Gasteiger partial charge on any atom is -0.497 e. The monoisotopic (exact) mass is 309 g/mol. The Hall–Kier alpha value is -2.08. The molecule has 1 amide bonds. The van der Waals surface area contributed by atoms with Crippen molar-refractivity contribution in [2.75, 3.05) is 18.2 Å². The van der Waals surface area contributed by atoms with Gasteiger partial charge in [-0.25, -0.2) is 8.78 Å². The molecular weight excluding hydrogens is 296 g/mol. The Labute approximate surface area is 125 Å². The van der Waals surface area contributed by atoms with Crippen molar-refractivity contribution in [3.63, 3.8) is 0 Å². The molecule has 6 heteroatoms. The number of hydrogen-bond acceptors (Lipinski definition) is 3. The minimum atomic E-state index is -0.797. The summed E-state index contributed by atoms with van der Waals surface area (Å²) in [7, 11) is 1.55. The largest absolute Gasteiger partial charge is 0.497 e. The Bertz CT molecular complexity index is 629. The Morgan fingerprint density at radius 1 is 1.19 bits per heavy atom. The predicted octanol–water partition coefficient (Wildman–Crippen LogP) is 3.70. The summed E-state index contributed by atoms with van der Waals surface area (Å²) in [5.41, 5.74) is -0.422. The molecule has 21 heavy (non-hydrogen) atoms. The van der Waals surface area contributed by atoms with Gasteiger partial charge in [0.05, 0.1) is 12.9 Å². The molecule has 0 aliphatic carbocycles. The number of rotatable bonds is 5. The third kappa shape index (κ3) is 4.19. The molecule has 0 unspecified atom stereocenters. The van der Waals surface area contributed by atoms with Crippen molar-refractivity contribution in [2.24, 2.45) is 0 Å². The Morgan fingerprint density at radius 2 is 1.86 bits per heavy atom. The van der Waals surface area contributed by atoms with Gasteiger partial charge in [-0.1, -0.05) is 12.1 Å². The van der Waals surface area contributed by atoms with Crippen LogP contribution in [0.15, 0.2) is 47.4 Å². The number of carbonyl (C=O) groups excluding carboxylic acids is 1. The first kappa shape index (κ1) is 15.3. The molecule has 0 heterocycles. The molecule has 2 aromatic rings. The van der Waals surface area contributed by atoms with Gasteiger partial charge in [0.1, 0.15) is 23.1 Å². The number of para-hydroxylation sites is 1. The van der Waals surface area contributed by atoms with Gasteiger partial charge in [-0.3, -0.25) is 4.79 Å². The van der Waals surface area contributed by atoms with E-state index in [-0.39, 0.29) is 5.75 Å². The number of halogens is 2. The van der Waals surface area contributed by atoms with E-state index in [2.05, 4.69) is 5.32 Å². The summed E-state index contributed by atoms with van der Waals surface area (Å²) in [6.07, 6.45) is 0. The van der Waals surface area contributed by atoms with Crippen molar-refractivity contribution >= 4 is 23.4 Å². The quantitative estimate of drug-likeness (QED) is 0.856. The molecular formula is C15H13F2NO2S. The number of methoxy groups -OCH3 is 1. The maximum atomic E-state index is 13.4. The molecule has 0 aromatic heterocycles. The Morgan fingerprint density at radius 3 is 2.52 bits per heavy atom. The summed E-state index contributed by atoms with van der Waals surface area (Å²) in [5.74, 6) is -1.35. The fourth-order valence-corrected chi connectivity index (χ4v) is 2.38. The SMILES string of the molecule is COc1cccc(SCC(=O)Nc2c(F)cccc2F)c1. The number of anilines is 1. The summed E-state index contributed by atoms with van der Waals surface area (Å²) >= 11 is 1.25. The van der Waals surface area contributed by atoms with Crippen molar-refractivity contribution in [1.82, 2.24) is 0 Å². The first-order valence-electron chi connectivity index (χ1n) is 6.11. The van der Waals surface area contributed by atoms with E-state index in [1.807, 2.05) is 6.07 Å². The fourth-order valence-electron chi connectivity index (χ4n) is 1.63. The van der Waals surface area contributed by atoms with Crippen LogP contribution in [0.2, 0.25) is 0 Å². The molecule has 0 bridgehead atoms. The van der Waals surface area contributed by atoms with E-state index >= 15 is 0 Å². The molecule has 2 aromatic carbocycles. The highest BCUT2D eigenvalue weighted by atomic mass is 32.2. The van der Waals surface area contributed by atoms with E-state index in [1.165, 1.54) is 17.8 Å². The number of carbonyl (C=O) groups is 1. The van der Waals surface area contributed by atoms with E-state index in [0.717, 1.165) is 17.0 Å². The van der Waals surface area contributed by atoms with Gasteiger partial charge in [0, 0.05) is 4.90 Å². The van der Waals surface area contributed by atoms with Crippen LogP contribution in [0.1, 0.15) is 0 Å². The van der Waals surface area contributed by atoms with Crippen LogP contribution in [-0.2, 0) is 4.79 Å². The van der Waals surface area contributed by atoms with E-state index in [4.69, 9.17) is 4.74 Å². The molecule has 3 nitrogen and oxygen atoms in total. The third-order valence-electron chi connectivity index (χ3n) is 2.64. The van der Waals surface area contributed by atoms with Gasteiger partial charge in [0.2, 0.25) is 5.91 Å². The summed E-state index contributed by atoms with van der Waals surface area (Å²) in [6, 6.07) is 10.6. The molecule has 0 spiro atoms. The molecule has 110 valence electrons. The van der Waals surface area contributed by atoms with Crippen molar-refractivity contribution < 1.29 is 18.3 Å². The average molecular weight is 309 g/mol. The average Bonchev–Trinajstić information content (AvgIpc) is 2.49. The van der Waals surface area contributed by atoms with E-state index in [0.29, 0.717) is 5.75 Å². The highest BCUT2D eigenvalue weighted by molar-refractivity contribution is 8.00. The normalized spacial score (nSPS) is 10.2. The second kappa shape index (κ2) is 7.08. The smallest absolute Gasteiger partial charge is 0.234 e. The summed E-state index contributed by atoms with van der Waals surface area (Å²) < 4.78 is 31.9. The lowest BCUT2D eigenvalue weighted by Crippen LogP contribution is -2.16. The molecule has 0 atom stereocenters. The zero-order chi connectivity index (χ0) is 15.2. The van der Waals surface area contributed by atoms with Gasteiger partial charge in [0.25, 0.3) is 0 Å². The molecule has 0 fully saturated rings. The minimum absolute atomic E-state index is 0.0426. The van der Waals surface area contributed by atoms with Crippen molar-refractivity contribution in [3.8, 4) is 5.75 Å². The van der Waals surface area contributed by atoms with E-state index in [1.54, 1.807) is 25.3 Å². The van der Waals surface area contributed by atoms with Crippen LogP contribution in [0.3, 0.4) is 0 Å². The lowest BCUT2D eigenvalue weighted by molar-refractivity contribution is -0.113. The third-order valence-corrected chi connectivity index (χ3v) is 3.63. The van der Waals surface area contributed by atoms with Crippen LogP contribution in [0, 0.1) is 11.6 Å². The van der Waals surface area contributed by atoms with Crippen molar-refractivity contribution in [3.05, 3.63) is 54.1 Å². The second-order valence-electron chi connectivity index (χ2n) is 4.11. The standard InChI is InChI=1S/C15H13F2NO2S/c1-20-10-4-2-5-11(8-10)21-9-14(19)18-15-12(16)6-3-7-13(15)17/h2-8H,9H2,1H3,(H,18,19). The number of amides is 1. The van der Waals surface area contributed by atoms with Gasteiger partial charge in [-0.05, 0) is 30.3 Å². The van der Waals surface area contributed by atoms with Crippen LogP contribution in [-0.4, -0.2) is 18.8 Å². The summed E-state index contributed by atoms with van der Waals surface area (Å²) in [5, 5.41) is 2.24. The molecule has 0 saturated heterocycles. The fraction of sp³-hybridized carbons (Fsp3) is 0.133. The zero-order valence-corrected chi connectivity index (χ0v) is 12.0. The first-order valence-corrected chi connectivity index (χ1v) is 7.09. The number of hydrogen-bond donors (Lipinski definition) is 1. The van der Waals surface area contributed by atoms with Gasteiger partial charge in [-0.2, -0.15) is 0 Å². The maximum Gasteiger partial charge on any atom is 0.234 e. The van der Waals surface area contributed by atoms with E-state index in [9.17, 15) is 13.6 Å². The maximum absolute atomic E-state index is 13.4. The Kier molecular flexibility index (Phi) is 5.16. The van der Waals surface area contributed by atoms with Gasteiger partial charge < -0.3 is 10.1 Å². The highest BCUT2D eigenvalue weighted by Gasteiger charge is 2.12. The van der Waals surface area contributed by atoms with Crippen LogP contribution in [0.25, 0.3) is 0 Å². The highest BCUT2D eigenvalue weighted by Crippen LogP contribution is 2.23. The lowest BCUT2D eigenvalue weighted by atomic mass is 10.3.